The van der Waals surface area contributed by atoms with Crippen molar-refractivity contribution in [3.8, 4) is 11.5 Å². The van der Waals surface area contributed by atoms with Crippen LogP contribution in [0.5, 0.6) is 11.5 Å². The molecule has 1 atom stereocenters. The number of carbonyl (C=O) groups excluding carboxylic acids is 2. The average Bonchev–Trinajstić information content (AvgIpc) is 2.97. The zero-order valence-electron chi connectivity index (χ0n) is 14.9. The summed E-state index contributed by atoms with van der Waals surface area (Å²) in [5, 5.41) is 11.4. The van der Waals surface area contributed by atoms with Crippen LogP contribution >= 0.6 is 0 Å². The van der Waals surface area contributed by atoms with Crippen molar-refractivity contribution in [3.05, 3.63) is 52.8 Å². The van der Waals surface area contributed by atoms with Crippen molar-refractivity contribution in [2.24, 2.45) is 0 Å². The molecule has 0 saturated carbocycles. The number of halogens is 1. The van der Waals surface area contributed by atoms with Crippen LogP contribution < -0.4 is 14.8 Å². The lowest BCUT2D eigenvalue weighted by molar-refractivity contribution is -0.118. The van der Waals surface area contributed by atoms with E-state index in [2.05, 4.69) is 5.32 Å². The van der Waals surface area contributed by atoms with Crippen LogP contribution in [0.15, 0.2) is 30.3 Å². The molecule has 0 fully saturated rings. The van der Waals surface area contributed by atoms with Gasteiger partial charge in [0.25, 0.3) is 0 Å². The molecule has 0 bridgehead atoms. The van der Waals surface area contributed by atoms with E-state index < -0.39 is 35.3 Å². The fourth-order valence-corrected chi connectivity index (χ4v) is 2.97. The second-order valence-electron chi connectivity index (χ2n) is 5.91. The number of amides is 1. The lowest BCUT2D eigenvalue weighted by Gasteiger charge is -2.13. The number of esters is 1. The molecule has 1 aliphatic rings. The highest BCUT2D eigenvalue weighted by molar-refractivity contribution is 5.99. The first-order valence-corrected chi connectivity index (χ1v) is 8.14. The molecular weight excluding hydrogens is 373 g/mol. The van der Waals surface area contributed by atoms with Crippen LogP contribution in [0.2, 0.25) is 0 Å². The number of aromatic carboxylic acids is 1. The van der Waals surface area contributed by atoms with Gasteiger partial charge in [-0.15, -0.1) is 0 Å². The van der Waals surface area contributed by atoms with Crippen molar-refractivity contribution in [1.29, 1.82) is 0 Å². The highest BCUT2D eigenvalue weighted by Gasteiger charge is 2.36. The molecule has 0 aromatic heterocycles. The minimum Gasteiger partial charge on any atom is -0.493 e. The highest BCUT2D eigenvalue weighted by atomic mass is 19.1. The van der Waals surface area contributed by atoms with Crippen molar-refractivity contribution < 1.29 is 38.1 Å². The normalized spacial score (nSPS) is 14.8. The number of nitrogens with one attached hydrogen (secondary N) is 1. The zero-order chi connectivity index (χ0) is 20.4. The van der Waals surface area contributed by atoms with Crippen LogP contribution in [-0.2, 0) is 9.53 Å². The van der Waals surface area contributed by atoms with E-state index in [9.17, 15) is 18.8 Å². The molecule has 0 unspecified atom stereocenters. The number of hydrogen-bond donors (Lipinski definition) is 2. The SMILES string of the molecule is COc1ccc2c(c1OC)C(=O)O[C@H]2CC(=O)Nc1ccc(F)c(C(=O)O)c1. The van der Waals surface area contributed by atoms with Gasteiger partial charge in [0.15, 0.2) is 11.5 Å². The van der Waals surface area contributed by atoms with Gasteiger partial charge in [-0.05, 0) is 24.3 Å². The zero-order valence-corrected chi connectivity index (χ0v) is 14.9. The van der Waals surface area contributed by atoms with Gasteiger partial charge >= 0.3 is 11.9 Å². The lowest BCUT2D eigenvalue weighted by Crippen LogP contribution is -2.16. The van der Waals surface area contributed by atoms with Crippen LogP contribution in [0.1, 0.15) is 38.8 Å². The fraction of sp³-hybridized carbons (Fsp3) is 0.211. The number of rotatable bonds is 6. The van der Waals surface area contributed by atoms with Crippen molar-refractivity contribution in [2.45, 2.75) is 12.5 Å². The van der Waals surface area contributed by atoms with Gasteiger partial charge in [-0.3, -0.25) is 4.79 Å². The summed E-state index contributed by atoms with van der Waals surface area (Å²) in [5.74, 6) is -2.96. The van der Waals surface area contributed by atoms with Gasteiger partial charge in [-0.25, -0.2) is 14.0 Å². The van der Waals surface area contributed by atoms with E-state index in [1.54, 1.807) is 12.1 Å². The Hall–Kier alpha value is -3.62. The molecule has 0 aliphatic carbocycles. The number of methoxy groups -OCH3 is 2. The molecular formula is C19H16FNO7. The van der Waals surface area contributed by atoms with Crippen LogP contribution in [0.25, 0.3) is 0 Å². The summed E-state index contributed by atoms with van der Waals surface area (Å²) >= 11 is 0. The molecule has 2 aromatic rings. The van der Waals surface area contributed by atoms with Crippen molar-refractivity contribution in [3.63, 3.8) is 0 Å². The quantitative estimate of drug-likeness (QED) is 0.731. The lowest BCUT2D eigenvalue weighted by atomic mass is 10.0. The summed E-state index contributed by atoms with van der Waals surface area (Å²) in [6.45, 7) is 0. The molecule has 3 rings (SSSR count). The third-order valence-corrected chi connectivity index (χ3v) is 4.23. The third-order valence-electron chi connectivity index (χ3n) is 4.23. The monoisotopic (exact) mass is 389 g/mol. The average molecular weight is 389 g/mol. The topological polar surface area (TPSA) is 111 Å². The first-order valence-electron chi connectivity index (χ1n) is 8.14. The second-order valence-corrected chi connectivity index (χ2v) is 5.91. The maximum absolute atomic E-state index is 13.5. The summed E-state index contributed by atoms with van der Waals surface area (Å²) < 4.78 is 29.1. The van der Waals surface area contributed by atoms with Crippen LogP contribution in [0.4, 0.5) is 10.1 Å². The maximum Gasteiger partial charge on any atom is 0.343 e. The predicted octanol–water partition coefficient (Wildman–Crippen LogP) is 2.78. The minimum atomic E-state index is -1.45. The third kappa shape index (κ3) is 3.46. The van der Waals surface area contributed by atoms with Gasteiger partial charge in [0.05, 0.1) is 26.2 Å². The summed E-state index contributed by atoms with van der Waals surface area (Å²) in [7, 11) is 2.82. The molecule has 1 heterocycles. The predicted molar refractivity (Wildman–Crippen MR) is 94.3 cm³/mol. The molecule has 8 nitrogen and oxygen atoms in total. The largest absolute Gasteiger partial charge is 0.493 e. The van der Waals surface area contributed by atoms with Gasteiger partial charge in [0.1, 0.15) is 17.5 Å². The number of carboxylic acids is 1. The van der Waals surface area contributed by atoms with E-state index in [0.29, 0.717) is 11.3 Å². The fourth-order valence-electron chi connectivity index (χ4n) is 2.97. The number of benzene rings is 2. The molecule has 0 saturated heterocycles. The van der Waals surface area contributed by atoms with Gasteiger partial charge < -0.3 is 24.6 Å². The second kappa shape index (κ2) is 7.55. The smallest absolute Gasteiger partial charge is 0.343 e. The minimum absolute atomic E-state index is 0.112. The molecule has 2 aromatic carbocycles. The summed E-state index contributed by atoms with van der Waals surface area (Å²) in [5.41, 5.74) is 0.214. The summed E-state index contributed by atoms with van der Waals surface area (Å²) in [6.07, 6.45) is -1.06. The maximum atomic E-state index is 13.5. The summed E-state index contributed by atoms with van der Waals surface area (Å²) in [4.78, 5) is 35.5. The molecule has 146 valence electrons. The Morgan fingerprint density at radius 1 is 1.21 bits per heavy atom. The van der Waals surface area contributed by atoms with Gasteiger partial charge in [0, 0.05) is 11.3 Å². The summed E-state index contributed by atoms with van der Waals surface area (Å²) in [6, 6.07) is 6.41. The van der Waals surface area contributed by atoms with E-state index in [-0.39, 0.29) is 23.4 Å². The first kappa shape index (κ1) is 19.2. The number of cyclic esters (lactones) is 1. The van der Waals surface area contributed by atoms with E-state index >= 15 is 0 Å². The number of ether oxygens (including phenoxy) is 3. The molecule has 28 heavy (non-hydrogen) atoms. The van der Waals surface area contributed by atoms with Crippen molar-refractivity contribution >= 4 is 23.5 Å². The van der Waals surface area contributed by atoms with Crippen LogP contribution in [0, 0.1) is 5.82 Å². The van der Waals surface area contributed by atoms with Crippen molar-refractivity contribution in [2.75, 3.05) is 19.5 Å². The van der Waals surface area contributed by atoms with Gasteiger partial charge in [-0.1, -0.05) is 6.07 Å². The molecule has 1 aliphatic heterocycles. The van der Waals surface area contributed by atoms with E-state index in [1.165, 1.54) is 20.3 Å². The number of anilines is 1. The van der Waals surface area contributed by atoms with E-state index in [4.69, 9.17) is 19.3 Å². The first-order chi connectivity index (χ1) is 13.3. The van der Waals surface area contributed by atoms with Crippen molar-refractivity contribution in [1.82, 2.24) is 0 Å². The molecule has 1 amide bonds. The Bertz CT molecular complexity index is 973. The molecule has 9 heteroatoms. The highest BCUT2D eigenvalue weighted by Crippen LogP contribution is 2.43. The Kier molecular flexibility index (Phi) is 5.16. The number of hydrogen-bond acceptors (Lipinski definition) is 6. The number of carboxylic acid groups (broad SMARTS) is 1. The standard InChI is InChI=1S/C19H16FNO7/c1-26-13-6-4-10-14(28-19(25)16(10)17(13)27-2)8-15(22)21-9-3-5-12(20)11(7-9)18(23)24/h3-7,14H,8H2,1-2H3,(H,21,22)(H,23,24)/t14-/m0/s1. The van der Waals surface area contributed by atoms with Gasteiger partial charge in [-0.2, -0.15) is 0 Å². The van der Waals surface area contributed by atoms with Crippen LogP contribution in [-0.4, -0.2) is 37.2 Å². The van der Waals surface area contributed by atoms with E-state index in [0.717, 1.165) is 12.1 Å². The van der Waals surface area contributed by atoms with Gasteiger partial charge in [0.2, 0.25) is 5.91 Å². The Labute approximate surface area is 158 Å². The number of carbonyl (C=O) groups is 3. The molecule has 0 radical (unpaired) electrons. The molecule has 0 spiro atoms. The Morgan fingerprint density at radius 3 is 2.61 bits per heavy atom. The molecule has 2 N–H and O–H groups in total. The van der Waals surface area contributed by atoms with Crippen LogP contribution in [0.3, 0.4) is 0 Å². The van der Waals surface area contributed by atoms with E-state index in [1.807, 2.05) is 0 Å². The number of fused-ring (bicyclic) bond motifs is 1. The Balaban J connectivity index is 1.79. The Morgan fingerprint density at radius 2 is 1.96 bits per heavy atom.